The fourth-order valence-electron chi connectivity index (χ4n) is 1.08. The number of aromatic nitrogens is 2. The van der Waals surface area contributed by atoms with Gasteiger partial charge in [0.05, 0.1) is 33.0 Å². The summed E-state index contributed by atoms with van der Waals surface area (Å²) in [5, 5.41) is 0. The maximum Gasteiger partial charge on any atom is 0.130 e. The topological polar surface area (TPSA) is 25.8 Å². The highest BCUT2D eigenvalue weighted by Gasteiger charge is 2.21. The first-order valence-electron chi connectivity index (χ1n) is 4.51. The molecule has 0 aliphatic carbocycles. The van der Waals surface area contributed by atoms with Gasteiger partial charge < -0.3 is 4.48 Å². The van der Waals surface area contributed by atoms with Crippen LogP contribution in [-0.2, 0) is 0 Å². The van der Waals surface area contributed by atoms with Crippen LogP contribution in [0.15, 0.2) is 12.4 Å². The fourth-order valence-corrected chi connectivity index (χ4v) is 1.08. The lowest BCUT2D eigenvalue weighted by Crippen LogP contribution is -2.37. The summed E-state index contributed by atoms with van der Waals surface area (Å²) in [4.78, 5) is 8.61. The Balaban J connectivity index is 2.96. The highest BCUT2D eigenvalue weighted by atomic mass is 15.3. The van der Waals surface area contributed by atoms with Crippen LogP contribution in [-0.4, -0.2) is 35.6 Å². The largest absolute Gasteiger partial charge is 0.324 e. The summed E-state index contributed by atoms with van der Waals surface area (Å²) in [5.41, 5.74) is 2.05. The van der Waals surface area contributed by atoms with Crippen LogP contribution in [0.5, 0.6) is 0 Å². The predicted octanol–water partition coefficient (Wildman–Crippen LogP) is 1.55. The molecule has 0 saturated carbocycles. The minimum absolute atomic E-state index is 0.382. The van der Waals surface area contributed by atoms with Crippen molar-refractivity contribution in [2.75, 3.05) is 21.1 Å². The molecule has 0 bridgehead atoms. The summed E-state index contributed by atoms with van der Waals surface area (Å²) < 4.78 is 0.873. The second-order valence-electron chi connectivity index (χ2n) is 4.38. The van der Waals surface area contributed by atoms with Crippen LogP contribution in [0.25, 0.3) is 0 Å². The van der Waals surface area contributed by atoms with Crippen LogP contribution in [0.1, 0.15) is 24.4 Å². The Morgan fingerprint density at radius 3 is 2.31 bits per heavy atom. The van der Waals surface area contributed by atoms with Gasteiger partial charge in [0.1, 0.15) is 11.7 Å². The lowest BCUT2D eigenvalue weighted by molar-refractivity contribution is -0.900. The van der Waals surface area contributed by atoms with Crippen LogP contribution >= 0.6 is 0 Å². The molecule has 1 unspecified atom stereocenters. The van der Waals surface area contributed by atoms with E-state index in [1.165, 1.54) is 0 Å². The first kappa shape index (κ1) is 10.1. The summed E-state index contributed by atoms with van der Waals surface area (Å²) in [6.07, 6.45) is 3.63. The van der Waals surface area contributed by atoms with Crippen LogP contribution in [0.4, 0.5) is 0 Å². The smallest absolute Gasteiger partial charge is 0.130 e. The molecule has 1 heterocycles. The van der Waals surface area contributed by atoms with E-state index >= 15 is 0 Å². The average Bonchev–Trinajstić information content (AvgIpc) is 2.01. The molecule has 72 valence electrons. The molecule has 0 aromatic carbocycles. The molecule has 0 aliphatic heterocycles. The predicted molar refractivity (Wildman–Crippen MR) is 53.2 cm³/mol. The first-order valence-corrected chi connectivity index (χ1v) is 4.51. The molecule has 1 atom stereocenters. The van der Waals surface area contributed by atoms with Crippen molar-refractivity contribution < 1.29 is 4.48 Å². The van der Waals surface area contributed by atoms with E-state index in [4.69, 9.17) is 0 Å². The van der Waals surface area contributed by atoms with Crippen molar-refractivity contribution in [2.45, 2.75) is 19.9 Å². The van der Waals surface area contributed by atoms with Gasteiger partial charge in [0.15, 0.2) is 0 Å². The molecular formula is C10H18N3+. The highest BCUT2D eigenvalue weighted by Crippen LogP contribution is 2.19. The summed E-state index contributed by atoms with van der Waals surface area (Å²) in [6, 6.07) is 0.382. The van der Waals surface area contributed by atoms with Crippen molar-refractivity contribution in [3.05, 3.63) is 23.8 Å². The molecule has 0 radical (unpaired) electrons. The fraction of sp³-hybridized carbons (Fsp3) is 0.600. The highest BCUT2D eigenvalue weighted by molar-refractivity contribution is 5.03. The maximum absolute atomic E-state index is 4.46. The molecule has 3 nitrogen and oxygen atoms in total. The van der Waals surface area contributed by atoms with Crippen molar-refractivity contribution >= 4 is 0 Å². The molecule has 13 heavy (non-hydrogen) atoms. The van der Waals surface area contributed by atoms with Gasteiger partial charge in [-0.1, -0.05) is 0 Å². The Kier molecular flexibility index (Phi) is 2.66. The zero-order valence-corrected chi connectivity index (χ0v) is 9.07. The molecule has 3 heteroatoms. The van der Waals surface area contributed by atoms with E-state index in [2.05, 4.69) is 38.0 Å². The average molecular weight is 180 g/mol. The van der Waals surface area contributed by atoms with Crippen LogP contribution < -0.4 is 0 Å². The number of aryl methyl sites for hydroxylation is 1. The third-order valence-corrected chi connectivity index (χ3v) is 2.36. The SMILES string of the molecule is Cc1cncc(C(C)[N+](C)(C)C)n1. The summed E-state index contributed by atoms with van der Waals surface area (Å²) in [7, 11) is 6.48. The number of hydrogen-bond donors (Lipinski definition) is 0. The van der Waals surface area contributed by atoms with Gasteiger partial charge in [-0.05, 0) is 13.8 Å². The minimum Gasteiger partial charge on any atom is -0.324 e. The normalized spacial score (nSPS) is 14.2. The number of quaternary nitrogens is 1. The van der Waals surface area contributed by atoms with Gasteiger partial charge in [0, 0.05) is 6.20 Å². The van der Waals surface area contributed by atoms with E-state index in [1.54, 1.807) is 6.20 Å². The second-order valence-corrected chi connectivity index (χ2v) is 4.38. The Morgan fingerprint density at radius 1 is 1.23 bits per heavy atom. The van der Waals surface area contributed by atoms with Crippen molar-refractivity contribution in [3.8, 4) is 0 Å². The second kappa shape index (κ2) is 3.42. The molecule has 0 saturated heterocycles. The first-order chi connectivity index (χ1) is 5.91. The van der Waals surface area contributed by atoms with Gasteiger partial charge in [-0.25, -0.2) is 4.98 Å². The Labute approximate surface area is 80.0 Å². The molecule has 1 aromatic rings. The monoisotopic (exact) mass is 180 g/mol. The molecule has 1 rings (SSSR count). The molecule has 0 spiro atoms. The van der Waals surface area contributed by atoms with Crippen molar-refractivity contribution in [2.24, 2.45) is 0 Å². The molecule has 0 fully saturated rings. The zero-order chi connectivity index (χ0) is 10.1. The molecule has 0 aliphatic rings. The van der Waals surface area contributed by atoms with Crippen LogP contribution in [0.3, 0.4) is 0 Å². The third-order valence-electron chi connectivity index (χ3n) is 2.36. The lowest BCUT2D eigenvalue weighted by Gasteiger charge is -2.30. The molecule has 0 N–H and O–H groups in total. The summed E-state index contributed by atoms with van der Waals surface area (Å²) in [6.45, 7) is 4.14. The van der Waals surface area contributed by atoms with E-state index in [1.807, 2.05) is 13.1 Å². The Bertz CT molecular complexity index is 288. The summed E-state index contributed by atoms with van der Waals surface area (Å²) >= 11 is 0. The van der Waals surface area contributed by atoms with E-state index in [0.717, 1.165) is 15.9 Å². The van der Waals surface area contributed by atoms with Gasteiger partial charge in [0.25, 0.3) is 0 Å². The molecular weight excluding hydrogens is 162 g/mol. The number of rotatable bonds is 2. The van der Waals surface area contributed by atoms with Crippen LogP contribution in [0.2, 0.25) is 0 Å². The number of nitrogens with zero attached hydrogens (tertiary/aromatic N) is 3. The van der Waals surface area contributed by atoms with E-state index in [-0.39, 0.29) is 0 Å². The summed E-state index contributed by atoms with van der Waals surface area (Å²) in [5.74, 6) is 0. The Hall–Kier alpha value is -0.960. The van der Waals surface area contributed by atoms with E-state index in [0.29, 0.717) is 6.04 Å². The van der Waals surface area contributed by atoms with Crippen molar-refractivity contribution in [1.29, 1.82) is 0 Å². The Morgan fingerprint density at radius 2 is 1.85 bits per heavy atom. The van der Waals surface area contributed by atoms with Gasteiger partial charge in [-0.2, -0.15) is 0 Å². The van der Waals surface area contributed by atoms with Gasteiger partial charge in [0.2, 0.25) is 0 Å². The van der Waals surface area contributed by atoms with Gasteiger partial charge >= 0.3 is 0 Å². The van der Waals surface area contributed by atoms with E-state index < -0.39 is 0 Å². The quantitative estimate of drug-likeness (QED) is 0.645. The zero-order valence-electron chi connectivity index (χ0n) is 9.07. The number of hydrogen-bond acceptors (Lipinski definition) is 2. The third kappa shape index (κ3) is 2.49. The molecule has 1 aromatic heterocycles. The minimum atomic E-state index is 0.382. The maximum atomic E-state index is 4.46. The standard InChI is InChI=1S/C10H18N3/c1-8-6-11-7-10(12-8)9(2)13(3,4)5/h6-7,9H,1-5H3/q+1. The van der Waals surface area contributed by atoms with Crippen molar-refractivity contribution in [3.63, 3.8) is 0 Å². The van der Waals surface area contributed by atoms with E-state index in [9.17, 15) is 0 Å². The van der Waals surface area contributed by atoms with Gasteiger partial charge in [-0.15, -0.1) is 0 Å². The van der Waals surface area contributed by atoms with Crippen molar-refractivity contribution in [1.82, 2.24) is 9.97 Å². The van der Waals surface area contributed by atoms with Gasteiger partial charge in [-0.3, -0.25) is 4.98 Å². The lowest BCUT2D eigenvalue weighted by atomic mass is 10.2. The van der Waals surface area contributed by atoms with Crippen LogP contribution in [0, 0.1) is 6.92 Å². The molecule has 0 amide bonds.